The number of nitrogens with zero attached hydrogens (tertiary/aromatic N) is 2. The number of halogens is 1. The molecule has 0 bridgehead atoms. The SMILES string of the molecule is CC[C@@]1(O)C(=O)OCc2c1cc1n(c2=O)Cc2c-1nc1c([Si](C)(C)C)cccc1c2F. The van der Waals surface area contributed by atoms with Crippen LogP contribution in [0.5, 0.6) is 0 Å². The summed E-state index contributed by atoms with van der Waals surface area (Å²) >= 11 is 0. The average molecular weight is 439 g/mol. The van der Waals surface area contributed by atoms with Crippen LogP contribution in [-0.4, -0.2) is 28.7 Å². The van der Waals surface area contributed by atoms with Crippen LogP contribution in [0.15, 0.2) is 29.1 Å². The zero-order valence-corrected chi connectivity index (χ0v) is 18.9. The normalized spacial score (nSPS) is 19.7. The lowest BCUT2D eigenvalue weighted by molar-refractivity contribution is -0.172. The summed E-state index contributed by atoms with van der Waals surface area (Å²) in [5.74, 6) is -1.15. The molecule has 5 rings (SSSR count). The van der Waals surface area contributed by atoms with Gasteiger partial charge in [0.25, 0.3) is 5.56 Å². The molecule has 0 aliphatic carbocycles. The Labute approximate surface area is 179 Å². The second-order valence-electron chi connectivity index (χ2n) is 9.31. The van der Waals surface area contributed by atoms with Crippen molar-refractivity contribution in [1.29, 1.82) is 0 Å². The molecular weight excluding hydrogens is 415 g/mol. The number of benzene rings is 1. The third-order valence-electron chi connectivity index (χ3n) is 6.46. The van der Waals surface area contributed by atoms with Gasteiger partial charge in [-0.15, -0.1) is 0 Å². The van der Waals surface area contributed by atoms with Gasteiger partial charge in [-0.25, -0.2) is 14.2 Å². The molecule has 2 aliphatic rings. The molecule has 8 heteroatoms. The largest absolute Gasteiger partial charge is 0.458 e. The molecule has 4 heterocycles. The molecule has 0 saturated carbocycles. The van der Waals surface area contributed by atoms with Crippen molar-refractivity contribution in [2.75, 3.05) is 0 Å². The van der Waals surface area contributed by atoms with Gasteiger partial charge in [0.1, 0.15) is 12.4 Å². The first-order valence-corrected chi connectivity index (χ1v) is 13.9. The summed E-state index contributed by atoms with van der Waals surface area (Å²) in [6, 6.07) is 7.18. The Morgan fingerprint density at radius 3 is 2.68 bits per heavy atom. The lowest BCUT2D eigenvalue weighted by Crippen LogP contribution is -2.44. The van der Waals surface area contributed by atoms with E-state index in [-0.39, 0.29) is 36.5 Å². The minimum Gasteiger partial charge on any atom is -0.458 e. The van der Waals surface area contributed by atoms with Crippen LogP contribution in [0.1, 0.15) is 30.0 Å². The predicted octanol–water partition coefficient (Wildman–Crippen LogP) is 2.76. The van der Waals surface area contributed by atoms with Gasteiger partial charge in [-0.1, -0.05) is 38.7 Å². The van der Waals surface area contributed by atoms with E-state index in [1.54, 1.807) is 19.1 Å². The summed E-state index contributed by atoms with van der Waals surface area (Å²) in [6.07, 6.45) is 0.0634. The van der Waals surface area contributed by atoms with E-state index < -0.39 is 25.2 Å². The van der Waals surface area contributed by atoms with Crippen LogP contribution in [-0.2, 0) is 28.3 Å². The highest BCUT2D eigenvalue weighted by Gasteiger charge is 2.45. The van der Waals surface area contributed by atoms with Crippen LogP contribution < -0.4 is 10.7 Å². The van der Waals surface area contributed by atoms with Gasteiger partial charge in [0.2, 0.25) is 0 Å². The number of cyclic esters (lactones) is 1. The van der Waals surface area contributed by atoms with Gasteiger partial charge in [-0.05, 0) is 23.7 Å². The number of ether oxygens (including phenoxy) is 1. The second kappa shape index (κ2) is 6.33. The number of hydrogen-bond donors (Lipinski definition) is 1. The zero-order chi connectivity index (χ0) is 22.3. The van der Waals surface area contributed by atoms with E-state index >= 15 is 4.39 Å². The van der Waals surface area contributed by atoms with Crippen LogP contribution in [0, 0.1) is 5.82 Å². The summed E-state index contributed by atoms with van der Waals surface area (Å²) in [7, 11) is -1.82. The Bertz CT molecular complexity index is 1360. The molecule has 0 fully saturated rings. The summed E-state index contributed by atoms with van der Waals surface area (Å²) in [5.41, 5.74) is -0.0412. The summed E-state index contributed by atoms with van der Waals surface area (Å²) in [5, 5.41) is 12.5. The van der Waals surface area contributed by atoms with Gasteiger partial charge >= 0.3 is 5.97 Å². The van der Waals surface area contributed by atoms with E-state index in [0.29, 0.717) is 27.9 Å². The molecule has 2 aromatic heterocycles. The van der Waals surface area contributed by atoms with Gasteiger partial charge < -0.3 is 14.4 Å². The highest BCUT2D eigenvalue weighted by atomic mass is 28.3. The fraction of sp³-hybridized carbons (Fsp3) is 0.348. The molecule has 2 aliphatic heterocycles. The van der Waals surface area contributed by atoms with Crippen molar-refractivity contribution >= 4 is 30.1 Å². The van der Waals surface area contributed by atoms with Gasteiger partial charge in [0, 0.05) is 16.5 Å². The number of carbonyl (C=O) groups excluding carboxylic acids is 1. The molecule has 6 nitrogen and oxygen atoms in total. The smallest absolute Gasteiger partial charge is 0.343 e. The quantitative estimate of drug-likeness (QED) is 0.385. The van der Waals surface area contributed by atoms with Crippen molar-refractivity contribution in [1.82, 2.24) is 9.55 Å². The van der Waals surface area contributed by atoms with E-state index in [4.69, 9.17) is 9.72 Å². The lowest BCUT2D eigenvalue weighted by Gasteiger charge is -2.31. The predicted molar refractivity (Wildman–Crippen MR) is 117 cm³/mol. The Hall–Kier alpha value is -2.84. The van der Waals surface area contributed by atoms with Crippen molar-refractivity contribution in [2.24, 2.45) is 0 Å². The number of hydrogen-bond acceptors (Lipinski definition) is 5. The maximum atomic E-state index is 15.6. The third kappa shape index (κ3) is 2.61. The second-order valence-corrected chi connectivity index (χ2v) is 14.3. The van der Waals surface area contributed by atoms with Crippen LogP contribution in [0.4, 0.5) is 4.39 Å². The van der Waals surface area contributed by atoms with Gasteiger partial charge in [-0.3, -0.25) is 4.79 Å². The summed E-state index contributed by atoms with van der Waals surface area (Å²) in [4.78, 5) is 30.4. The van der Waals surface area contributed by atoms with Crippen LogP contribution in [0.2, 0.25) is 19.6 Å². The first-order chi connectivity index (χ1) is 14.6. The molecular formula is C23H23FN2O4Si. The number of fused-ring (bicyclic) bond motifs is 5. The highest BCUT2D eigenvalue weighted by molar-refractivity contribution is 6.90. The Balaban J connectivity index is 1.85. The van der Waals surface area contributed by atoms with E-state index in [1.807, 2.05) is 12.1 Å². The third-order valence-corrected chi connectivity index (χ3v) is 8.48. The average Bonchev–Trinajstić information content (AvgIpc) is 3.10. The van der Waals surface area contributed by atoms with E-state index in [0.717, 1.165) is 5.19 Å². The number of carbonyl (C=O) groups is 1. The minimum absolute atomic E-state index is 0.0568. The summed E-state index contributed by atoms with van der Waals surface area (Å²) < 4.78 is 22.2. The molecule has 0 amide bonds. The lowest BCUT2D eigenvalue weighted by atomic mass is 9.86. The molecule has 0 radical (unpaired) electrons. The van der Waals surface area contributed by atoms with Crippen molar-refractivity contribution in [2.45, 2.75) is 51.7 Å². The van der Waals surface area contributed by atoms with E-state index in [9.17, 15) is 14.7 Å². The molecule has 0 spiro atoms. The van der Waals surface area contributed by atoms with Crippen molar-refractivity contribution in [3.05, 3.63) is 57.1 Å². The molecule has 1 N–H and O–H groups in total. The van der Waals surface area contributed by atoms with Crippen LogP contribution >= 0.6 is 0 Å². The molecule has 1 aromatic carbocycles. The number of aromatic nitrogens is 2. The number of para-hydroxylation sites is 1. The standard InChI is InChI=1S/C23H23FN2O4Si/c1-5-23(29)15-9-16-19-13(10-26(16)21(27)14(15)11-30-22(23)28)18(24)12-7-6-8-17(20(12)25-19)31(2,3)4/h6-9,29H,5,10-11H2,1-4H3/t23-/m0/s1. The summed E-state index contributed by atoms with van der Waals surface area (Å²) in [6.45, 7) is 8.04. The van der Waals surface area contributed by atoms with Crippen LogP contribution in [0.25, 0.3) is 22.3 Å². The molecule has 0 saturated heterocycles. The van der Waals surface area contributed by atoms with Gasteiger partial charge in [-0.2, -0.15) is 0 Å². The molecule has 31 heavy (non-hydrogen) atoms. The van der Waals surface area contributed by atoms with Gasteiger partial charge in [0.05, 0.1) is 37.1 Å². The Morgan fingerprint density at radius 2 is 2.00 bits per heavy atom. The maximum Gasteiger partial charge on any atom is 0.343 e. The van der Waals surface area contributed by atoms with Crippen molar-refractivity contribution in [3.8, 4) is 11.4 Å². The molecule has 0 unspecified atom stereocenters. The molecule has 160 valence electrons. The molecule has 3 aromatic rings. The highest BCUT2D eigenvalue weighted by Crippen LogP contribution is 2.39. The fourth-order valence-electron chi connectivity index (χ4n) is 4.66. The van der Waals surface area contributed by atoms with Crippen molar-refractivity contribution < 1.29 is 19.0 Å². The van der Waals surface area contributed by atoms with Crippen molar-refractivity contribution in [3.63, 3.8) is 0 Å². The maximum absolute atomic E-state index is 15.6. The minimum atomic E-state index is -1.90. The molecule has 1 atom stereocenters. The number of pyridine rings is 2. The number of rotatable bonds is 2. The number of esters is 1. The fourth-order valence-corrected chi connectivity index (χ4v) is 6.16. The topological polar surface area (TPSA) is 81.4 Å². The zero-order valence-electron chi connectivity index (χ0n) is 17.9. The van der Waals surface area contributed by atoms with Gasteiger partial charge in [0.15, 0.2) is 5.60 Å². The first kappa shape index (κ1) is 20.1. The van der Waals surface area contributed by atoms with E-state index in [2.05, 4.69) is 19.6 Å². The Kier molecular flexibility index (Phi) is 4.10. The first-order valence-electron chi connectivity index (χ1n) is 10.4. The van der Waals surface area contributed by atoms with E-state index in [1.165, 1.54) is 4.57 Å². The number of aliphatic hydroxyl groups is 1. The van der Waals surface area contributed by atoms with Crippen LogP contribution in [0.3, 0.4) is 0 Å². The Morgan fingerprint density at radius 1 is 1.26 bits per heavy atom. The monoisotopic (exact) mass is 438 g/mol.